The molecule has 7 rings (SSSR count). The van der Waals surface area contributed by atoms with Gasteiger partial charge in [-0.05, 0) is 30.3 Å². The monoisotopic (exact) mass is 581 g/mol. The van der Waals surface area contributed by atoms with E-state index in [1.807, 2.05) is 42.6 Å². The largest absolute Gasteiger partial charge is 0.378 e. The van der Waals surface area contributed by atoms with Crippen LogP contribution in [0.15, 0.2) is 84.4 Å². The van der Waals surface area contributed by atoms with Crippen LogP contribution in [0, 0.1) is 4.78 Å². The van der Waals surface area contributed by atoms with Crippen LogP contribution in [-0.4, -0.2) is 71.5 Å². The minimum absolute atomic E-state index is 0.0939. The summed E-state index contributed by atoms with van der Waals surface area (Å²) in [4.78, 5) is 24.7. The maximum Gasteiger partial charge on any atom is 0.261 e. The van der Waals surface area contributed by atoms with E-state index in [0.717, 1.165) is 22.0 Å². The lowest BCUT2D eigenvalue weighted by molar-refractivity contribution is 0.102. The van der Waals surface area contributed by atoms with Gasteiger partial charge in [0.2, 0.25) is 0 Å². The zero-order valence-corrected chi connectivity index (χ0v) is 23.3. The van der Waals surface area contributed by atoms with Crippen LogP contribution in [0.3, 0.4) is 0 Å². The zero-order valence-electron chi connectivity index (χ0n) is 22.5. The Bertz CT molecular complexity index is 2060. The van der Waals surface area contributed by atoms with Gasteiger partial charge in [0.25, 0.3) is 5.91 Å². The summed E-state index contributed by atoms with van der Waals surface area (Å²) in [6.45, 7) is 2.80. The molecular weight excluding hydrogens is 554 g/mol. The van der Waals surface area contributed by atoms with Crippen molar-refractivity contribution < 1.29 is 13.7 Å². The molecule has 0 spiro atoms. The minimum Gasteiger partial charge on any atom is -0.378 e. The third-order valence-electron chi connectivity index (χ3n) is 7.37. The first-order valence-electron chi connectivity index (χ1n) is 13.5. The second-order valence-corrected chi connectivity index (χ2v) is 12.2. The Hall–Kier alpha value is -4.88. The number of nitrogens with one attached hydrogen (secondary N) is 2. The van der Waals surface area contributed by atoms with Gasteiger partial charge in [-0.25, -0.2) is 18.5 Å². The third-order valence-corrected chi connectivity index (χ3v) is 9.19. The van der Waals surface area contributed by atoms with Crippen LogP contribution in [0.4, 0.5) is 11.4 Å². The predicted octanol–water partition coefficient (Wildman–Crippen LogP) is 3.82. The lowest BCUT2D eigenvalue weighted by atomic mass is 10.1. The number of anilines is 2. The van der Waals surface area contributed by atoms with Crippen LogP contribution in [-0.2, 0) is 21.0 Å². The summed E-state index contributed by atoms with van der Waals surface area (Å²) >= 11 is 0. The summed E-state index contributed by atoms with van der Waals surface area (Å²) in [6, 6.07) is 14.7. The molecule has 0 radical (unpaired) electrons. The quantitative estimate of drug-likeness (QED) is 0.290. The highest BCUT2D eigenvalue weighted by molar-refractivity contribution is 7.92. The number of amides is 1. The van der Waals surface area contributed by atoms with E-state index in [2.05, 4.69) is 25.3 Å². The Kier molecular flexibility index (Phi) is 6.52. The third kappa shape index (κ3) is 4.82. The van der Waals surface area contributed by atoms with E-state index in [4.69, 9.17) is 14.6 Å². The molecule has 1 amide bonds. The van der Waals surface area contributed by atoms with E-state index >= 15 is 0 Å². The molecule has 2 aromatic carbocycles. The van der Waals surface area contributed by atoms with Crippen LogP contribution >= 0.6 is 0 Å². The highest BCUT2D eigenvalue weighted by Crippen LogP contribution is 2.32. The number of aromatic nitrogens is 6. The molecule has 1 atom stereocenters. The Morgan fingerprint density at radius 3 is 2.79 bits per heavy atom. The van der Waals surface area contributed by atoms with Gasteiger partial charge in [0.15, 0.2) is 5.65 Å². The Balaban J connectivity index is 1.19. The molecule has 1 saturated heterocycles. The lowest BCUT2D eigenvalue weighted by Crippen LogP contribution is -2.36. The van der Waals surface area contributed by atoms with Gasteiger partial charge in [-0.2, -0.15) is 10.2 Å². The molecule has 12 nitrogen and oxygen atoms in total. The molecule has 4 aromatic heterocycles. The van der Waals surface area contributed by atoms with Crippen molar-refractivity contribution in [3.63, 3.8) is 0 Å². The highest BCUT2D eigenvalue weighted by Gasteiger charge is 2.21. The fraction of sp³-hybridized carbons (Fsp3) is 0.207. The molecule has 212 valence electrons. The number of aryl methyl sites for hydroxylation is 1. The van der Waals surface area contributed by atoms with Crippen molar-refractivity contribution in [2.75, 3.05) is 42.3 Å². The topological polar surface area (TPSA) is 143 Å². The average Bonchev–Trinajstić information content (AvgIpc) is 3.64. The normalized spacial score (nSPS) is 15.3. The van der Waals surface area contributed by atoms with Crippen molar-refractivity contribution in [2.45, 2.75) is 11.4 Å². The number of carbonyl (C=O) groups is 1. The van der Waals surface area contributed by atoms with Crippen LogP contribution in [0.25, 0.3) is 27.5 Å². The van der Waals surface area contributed by atoms with Crippen LogP contribution in [0.2, 0.25) is 0 Å². The van der Waals surface area contributed by atoms with E-state index in [9.17, 15) is 9.00 Å². The number of benzene rings is 2. The molecule has 5 heterocycles. The summed E-state index contributed by atoms with van der Waals surface area (Å²) in [5, 5.41) is 13.6. The SMILES string of the molecule is N=S(=O)(CCn1cc2cc(NC(=O)c3cnn4cccnc34)c(N3CCOCC3)cc2n1)c1ccnc2ccccc12. The van der Waals surface area contributed by atoms with Crippen molar-refractivity contribution in [1.82, 2.24) is 29.4 Å². The molecule has 0 aliphatic carbocycles. The minimum atomic E-state index is -3.11. The van der Waals surface area contributed by atoms with E-state index in [1.54, 1.807) is 39.9 Å². The van der Waals surface area contributed by atoms with Crippen molar-refractivity contribution in [3.8, 4) is 0 Å². The number of morpholine rings is 1. The number of rotatable bonds is 7. The molecule has 0 saturated carbocycles. The number of hydrogen-bond donors (Lipinski definition) is 2. The predicted molar refractivity (Wildman–Crippen MR) is 159 cm³/mol. The molecule has 1 aliphatic rings. The summed E-state index contributed by atoms with van der Waals surface area (Å²) in [5.74, 6) is -0.222. The Morgan fingerprint density at radius 1 is 1.05 bits per heavy atom. The maximum atomic E-state index is 13.6. The van der Waals surface area contributed by atoms with Crippen molar-refractivity contribution in [1.29, 1.82) is 4.78 Å². The molecule has 1 unspecified atom stereocenters. The zero-order chi connectivity index (χ0) is 28.7. The van der Waals surface area contributed by atoms with Gasteiger partial charge in [-0.15, -0.1) is 0 Å². The number of ether oxygens (including phenoxy) is 1. The standard InChI is InChI=1S/C29H27N9O3S/c30-42(40,27-6-8-31-23-5-2-1-4-21(23)27)15-12-37-19-20-16-25(26(17-24(20)35-37)36-10-13-41-14-11-36)34-29(39)22-18-33-38-9-3-7-32-28(22)38/h1-9,16-19,30H,10-15H2,(H,34,39). The van der Waals surface area contributed by atoms with Crippen LogP contribution in [0.5, 0.6) is 0 Å². The molecule has 2 N–H and O–H groups in total. The first-order chi connectivity index (χ1) is 20.5. The molecule has 42 heavy (non-hydrogen) atoms. The Morgan fingerprint density at radius 2 is 1.90 bits per heavy atom. The fourth-order valence-electron chi connectivity index (χ4n) is 5.26. The molecule has 13 heteroatoms. The van der Waals surface area contributed by atoms with E-state index < -0.39 is 9.73 Å². The number of nitrogens with zero attached hydrogens (tertiary/aromatic N) is 7. The molecule has 0 bridgehead atoms. The van der Waals surface area contributed by atoms with Crippen LogP contribution in [0.1, 0.15) is 10.4 Å². The number of para-hydroxylation sites is 1. The van der Waals surface area contributed by atoms with Gasteiger partial charge in [0.1, 0.15) is 5.56 Å². The summed E-state index contributed by atoms with van der Waals surface area (Å²) in [6.07, 6.45) is 8.32. The molecular formula is C29H27N9O3S. The van der Waals surface area contributed by atoms with E-state index in [-0.39, 0.29) is 18.2 Å². The summed E-state index contributed by atoms with van der Waals surface area (Å²) in [7, 11) is -3.11. The maximum absolute atomic E-state index is 13.6. The second kappa shape index (κ2) is 10.5. The smallest absolute Gasteiger partial charge is 0.261 e. The molecule has 1 aliphatic heterocycles. The lowest BCUT2D eigenvalue weighted by Gasteiger charge is -2.30. The van der Waals surface area contributed by atoms with E-state index in [0.29, 0.717) is 53.6 Å². The van der Waals surface area contributed by atoms with E-state index in [1.165, 1.54) is 6.20 Å². The highest BCUT2D eigenvalue weighted by atomic mass is 32.2. The summed E-state index contributed by atoms with van der Waals surface area (Å²) < 4.78 is 31.1. The van der Waals surface area contributed by atoms with Gasteiger partial charge >= 0.3 is 0 Å². The number of hydrogen-bond acceptors (Lipinski definition) is 9. The summed E-state index contributed by atoms with van der Waals surface area (Å²) in [5.41, 5.74) is 3.76. The van der Waals surface area contributed by atoms with Crippen LogP contribution < -0.4 is 10.2 Å². The van der Waals surface area contributed by atoms with Gasteiger partial charge in [-0.1, -0.05) is 18.2 Å². The second-order valence-electron chi connectivity index (χ2n) is 10.0. The van der Waals surface area contributed by atoms with Gasteiger partial charge in [-0.3, -0.25) is 14.5 Å². The number of pyridine rings is 1. The van der Waals surface area contributed by atoms with Gasteiger partial charge in [0, 0.05) is 48.6 Å². The number of carbonyl (C=O) groups excluding carboxylic acids is 1. The molecule has 1 fully saturated rings. The van der Waals surface area contributed by atoms with Crippen molar-refractivity contribution in [3.05, 3.63) is 85.1 Å². The van der Waals surface area contributed by atoms with Gasteiger partial charge < -0.3 is 15.0 Å². The van der Waals surface area contributed by atoms with Crippen molar-refractivity contribution >= 4 is 54.5 Å². The Labute approximate surface area is 240 Å². The first-order valence-corrected chi connectivity index (χ1v) is 15.2. The van der Waals surface area contributed by atoms with Crippen molar-refractivity contribution in [2.24, 2.45) is 0 Å². The molecule has 6 aromatic rings. The fourth-order valence-corrected chi connectivity index (χ4v) is 6.73. The number of fused-ring (bicyclic) bond motifs is 3. The first kappa shape index (κ1) is 26.0. The average molecular weight is 582 g/mol. The van der Waals surface area contributed by atoms with Gasteiger partial charge in [0.05, 0.1) is 68.7 Å².